The molecule has 0 spiro atoms. The summed E-state index contributed by atoms with van der Waals surface area (Å²) in [6.45, 7) is 0. The average Bonchev–Trinajstić information content (AvgIpc) is 3.27. The van der Waals surface area contributed by atoms with Gasteiger partial charge >= 0.3 is 5.97 Å². The molecule has 2 N–H and O–H groups in total. The third-order valence-electron chi connectivity index (χ3n) is 4.07. The van der Waals surface area contributed by atoms with Crippen LogP contribution in [0, 0.1) is 5.92 Å². The van der Waals surface area contributed by atoms with E-state index in [9.17, 15) is 4.79 Å². The summed E-state index contributed by atoms with van der Waals surface area (Å²) in [6, 6.07) is 7.92. The van der Waals surface area contributed by atoms with Crippen LogP contribution in [0.1, 0.15) is 12.8 Å². The van der Waals surface area contributed by atoms with Crippen molar-refractivity contribution in [1.29, 1.82) is 0 Å². The van der Waals surface area contributed by atoms with E-state index >= 15 is 0 Å². The van der Waals surface area contributed by atoms with Gasteiger partial charge in [0.25, 0.3) is 0 Å². The number of hydrogen-bond acceptors (Lipinski definition) is 5. The van der Waals surface area contributed by atoms with Gasteiger partial charge in [-0.3, -0.25) is 4.79 Å². The lowest BCUT2D eigenvalue weighted by atomic mass is 9.96. The average molecular weight is 305 g/mol. The second-order valence-electron chi connectivity index (χ2n) is 5.33. The highest BCUT2D eigenvalue weighted by atomic mass is 32.2. The Morgan fingerprint density at radius 1 is 1.52 bits per heavy atom. The summed E-state index contributed by atoms with van der Waals surface area (Å²) < 4.78 is 5.01. The maximum atomic E-state index is 12.2. The summed E-state index contributed by atoms with van der Waals surface area (Å²) in [5, 5.41) is 4.03. The minimum atomic E-state index is -0.613. The molecular weight excluding hydrogens is 286 g/mol. The molecule has 21 heavy (non-hydrogen) atoms. The Bertz CT molecular complexity index is 620. The molecule has 2 aromatic rings. The fourth-order valence-corrected chi connectivity index (χ4v) is 3.87. The number of ether oxygens (including phenoxy) is 1. The summed E-state index contributed by atoms with van der Waals surface area (Å²) in [5.41, 5.74) is 1.34. The number of para-hydroxylation sites is 2. The number of methoxy groups -OCH3 is 1. The van der Waals surface area contributed by atoms with E-state index in [1.165, 1.54) is 7.11 Å². The van der Waals surface area contributed by atoms with Crippen LogP contribution in [0.5, 0.6) is 0 Å². The molecule has 1 aliphatic carbocycles. The van der Waals surface area contributed by atoms with Crippen LogP contribution < -0.4 is 5.32 Å². The molecule has 1 aliphatic rings. The molecule has 1 aromatic heterocycles. The number of carbonyl (C=O) groups is 1. The van der Waals surface area contributed by atoms with Crippen molar-refractivity contribution >= 4 is 28.8 Å². The molecule has 1 aromatic carbocycles. The Balaban J connectivity index is 1.78. The topological polar surface area (TPSA) is 67.0 Å². The van der Waals surface area contributed by atoms with E-state index < -0.39 is 5.54 Å². The number of aromatic amines is 1. The number of thioether (sulfide) groups is 1. The van der Waals surface area contributed by atoms with Gasteiger partial charge in [0, 0.05) is 5.75 Å². The summed E-state index contributed by atoms with van der Waals surface area (Å²) in [6.07, 6.45) is 2.13. The molecule has 1 unspecified atom stereocenters. The van der Waals surface area contributed by atoms with Crippen LogP contribution in [0.2, 0.25) is 0 Å². The van der Waals surface area contributed by atoms with Gasteiger partial charge in [-0.05, 0) is 37.9 Å². The van der Waals surface area contributed by atoms with Gasteiger partial charge in [-0.15, -0.1) is 0 Å². The Hall–Kier alpha value is -1.53. The molecule has 1 heterocycles. The molecule has 5 nitrogen and oxygen atoms in total. The third-order valence-corrected chi connectivity index (χ3v) is 5.14. The Morgan fingerprint density at radius 3 is 2.90 bits per heavy atom. The first-order chi connectivity index (χ1) is 10.2. The number of nitrogens with one attached hydrogen (secondary N) is 2. The van der Waals surface area contributed by atoms with Crippen LogP contribution in [-0.4, -0.2) is 41.4 Å². The number of carbonyl (C=O) groups excluding carboxylic acids is 1. The van der Waals surface area contributed by atoms with Gasteiger partial charge in [0.2, 0.25) is 0 Å². The van der Waals surface area contributed by atoms with Crippen molar-refractivity contribution in [2.75, 3.05) is 19.9 Å². The predicted molar refractivity (Wildman–Crippen MR) is 83.3 cm³/mol. The molecule has 1 atom stereocenters. The van der Waals surface area contributed by atoms with Crippen LogP contribution >= 0.6 is 11.8 Å². The Labute approximate surface area is 127 Å². The number of H-pyrrole nitrogens is 1. The second kappa shape index (κ2) is 5.69. The number of benzene rings is 1. The summed E-state index contributed by atoms with van der Waals surface area (Å²) in [5.74, 6) is 0.781. The van der Waals surface area contributed by atoms with Crippen molar-refractivity contribution < 1.29 is 9.53 Å². The molecule has 3 rings (SSSR count). The fourth-order valence-electron chi connectivity index (χ4n) is 2.66. The van der Waals surface area contributed by atoms with Crippen molar-refractivity contribution in [2.24, 2.45) is 5.92 Å². The maximum absolute atomic E-state index is 12.2. The van der Waals surface area contributed by atoms with E-state index in [4.69, 9.17) is 4.74 Å². The molecule has 0 radical (unpaired) electrons. The number of nitrogens with zero attached hydrogens (tertiary/aromatic N) is 1. The van der Waals surface area contributed by atoms with Crippen molar-refractivity contribution in [3.05, 3.63) is 24.3 Å². The van der Waals surface area contributed by atoms with Gasteiger partial charge in [0.05, 0.1) is 18.1 Å². The Morgan fingerprint density at radius 2 is 2.29 bits per heavy atom. The zero-order valence-corrected chi connectivity index (χ0v) is 13.0. The van der Waals surface area contributed by atoms with Crippen LogP contribution in [-0.2, 0) is 9.53 Å². The number of hydrogen-bond donors (Lipinski definition) is 2. The number of rotatable bonds is 6. The van der Waals surface area contributed by atoms with E-state index in [-0.39, 0.29) is 5.97 Å². The lowest BCUT2D eigenvalue weighted by molar-refractivity contribution is -0.148. The maximum Gasteiger partial charge on any atom is 0.327 e. The minimum Gasteiger partial charge on any atom is -0.468 e. The summed E-state index contributed by atoms with van der Waals surface area (Å²) in [7, 11) is 3.27. The van der Waals surface area contributed by atoms with Gasteiger partial charge < -0.3 is 15.0 Å². The monoisotopic (exact) mass is 305 g/mol. The highest BCUT2D eigenvalue weighted by Gasteiger charge is 2.51. The van der Waals surface area contributed by atoms with E-state index in [1.54, 1.807) is 11.8 Å². The van der Waals surface area contributed by atoms with E-state index in [0.717, 1.165) is 29.0 Å². The number of fused-ring (bicyclic) bond motifs is 1. The molecule has 0 amide bonds. The van der Waals surface area contributed by atoms with E-state index in [1.807, 2.05) is 31.3 Å². The first kappa shape index (κ1) is 14.4. The van der Waals surface area contributed by atoms with Gasteiger partial charge in [-0.2, -0.15) is 0 Å². The zero-order chi connectivity index (χ0) is 14.9. The van der Waals surface area contributed by atoms with Crippen LogP contribution in [0.15, 0.2) is 29.4 Å². The second-order valence-corrected chi connectivity index (χ2v) is 6.30. The van der Waals surface area contributed by atoms with E-state index in [2.05, 4.69) is 15.3 Å². The number of esters is 1. The molecule has 112 valence electrons. The molecule has 1 saturated carbocycles. The largest absolute Gasteiger partial charge is 0.468 e. The van der Waals surface area contributed by atoms with Crippen LogP contribution in [0.3, 0.4) is 0 Å². The van der Waals surface area contributed by atoms with Crippen molar-refractivity contribution in [2.45, 2.75) is 23.5 Å². The number of likely N-dealkylation sites (N-methyl/N-ethyl adjacent to an activating group) is 1. The standard InChI is InChI=1S/C15H19N3O2S/c1-16-15(10-7-8-10,13(19)20-2)9-21-14-17-11-5-3-4-6-12(11)18-14/h3-6,10,16H,7-9H2,1-2H3,(H,17,18). The number of aromatic nitrogens is 2. The quantitative estimate of drug-likeness (QED) is 0.632. The van der Waals surface area contributed by atoms with Gasteiger partial charge in [0.1, 0.15) is 5.54 Å². The SMILES string of the molecule is CNC(CSc1nc2ccccc2[nH]1)(C(=O)OC)C1CC1. The van der Waals surface area contributed by atoms with Crippen molar-refractivity contribution in [3.8, 4) is 0 Å². The predicted octanol–water partition coefficient (Wildman–Crippen LogP) is 2.20. The van der Waals surface area contributed by atoms with Crippen molar-refractivity contribution in [1.82, 2.24) is 15.3 Å². The summed E-state index contributed by atoms with van der Waals surface area (Å²) in [4.78, 5) is 20.0. The minimum absolute atomic E-state index is 0.184. The molecule has 0 bridgehead atoms. The van der Waals surface area contributed by atoms with Crippen LogP contribution in [0.25, 0.3) is 11.0 Å². The first-order valence-corrected chi connectivity index (χ1v) is 8.03. The normalized spacial score (nSPS) is 17.6. The zero-order valence-electron chi connectivity index (χ0n) is 12.2. The Kier molecular flexibility index (Phi) is 3.91. The smallest absolute Gasteiger partial charge is 0.327 e. The summed E-state index contributed by atoms with van der Waals surface area (Å²) >= 11 is 1.56. The van der Waals surface area contributed by atoms with Gasteiger partial charge in [0.15, 0.2) is 5.16 Å². The van der Waals surface area contributed by atoms with Crippen LogP contribution in [0.4, 0.5) is 0 Å². The molecule has 6 heteroatoms. The lowest BCUT2D eigenvalue weighted by Crippen LogP contribution is -2.55. The highest BCUT2D eigenvalue weighted by Crippen LogP contribution is 2.42. The molecule has 0 saturated heterocycles. The van der Waals surface area contributed by atoms with Gasteiger partial charge in [-0.1, -0.05) is 23.9 Å². The highest BCUT2D eigenvalue weighted by molar-refractivity contribution is 7.99. The third kappa shape index (κ3) is 2.65. The molecule has 1 fully saturated rings. The fraction of sp³-hybridized carbons (Fsp3) is 0.467. The van der Waals surface area contributed by atoms with Gasteiger partial charge in [-0.25, -0.2) is 4.98 Å². The molecule has 0 aliphatic heterocycles. The lowest BCUT2D eigenvalue weighted by Gasteiger charge is -2.30. The van der Waals surface area contributed by atoms with E-state index in [0.29, 0.717) is 11.7 Å². The first-order valence-electron chi connectivity index (χ1n) is 7.04. The molecular formula is C15H19N3O2S. The van der Waals surface area contributed by atoms with Crippen molar-refractivity contribution in [3.63, 3.8) is 0 Å². The number of imidazole rings is 1.